The number of carbonyl (C=O) groups excluding carboxylic acids is 2. The van der Waals surface area contributed by atoms with E-state index >= 15 is 0 Å². The molecule has 12 heteroatoms. The molecule has 3 atom stereocenters. The topological polar surface area (TPSA) is 105 Å². The third-order valence-corrected chi connectivity index (χ3v) is 9.48. The van der Waals surface area contributed by atoms with E-state index in [-0.39, 0.29) is 23.2 Å². The van der Waals surface area contributed by atoms with Gasteiger partial charge in [-0.2, -0.15) is 4.99 Å². The van der Waals surface area contributed by atoms with Crippen LogP contribution in [0.4, 0.5) is 10.5 Å². The lowest BCUT2D eigenvalue weighted by atomic mass is 10.1. The highest BCUT2D eigenvalue weighted by atomic mass is 35.5. The largest absolute Gasteiger partial charge is 0.444 e. The number of benzene rings is 2. The van der Waals surface area contributed by atoms with Gasteiger partial charge >= 0.3 is 6.09 Å². The fourth-order valence-electron chi connectivity index (χ4n) is 4.19. The molecule has 4 rings (SSSR count). The fraction of sp³-hybridized carbons (Fsp3) is 0.400. The number of rotatable bonds is 5. The van der Waals surface area contributed by atoms with Gasteiger partial charge in [0.25, 0.3) is 5.91 Å². The molecule has 0 radical (unpaired) electrons. The van der Waals surface area contributed by atoms with Gasteiger partial charge in [-0.15, -0.1) is 0 Å². The van der Waals surface area contributed by atoms with Gasteiger partial charge in [0.05, 0.1) is 28.3 Å². The number of carbonyl (C=O) groups is 2. The normalized spacial score (nSPS) is 22.5. The van der Waals surface area contributed by atoms with Crippen LogP contribution >= 0.6 is 35.0 Å². The Morgan fingerprint density at radius 2 is 1.86 bits per heavy atom. The summed E-state index contributed by atoms with van der Waals surface area (Å²) in [5.41, 5.74) is 0.548. The average molecular weight is 585 g/mol. The highest BCUT2D eigenvalue weighted by molar-refractivity contribution is 8.16. The molecule has 2 aromatic carbocycles. The summed E-state index contributed by atoms with van der Waals surface area (Å²) in [5.74, 6) is -0.721. The van der Waals surface area contributed by atoms with Crippen molar-refractivity contribution >= 4 is 67.7 Å². The first-order valence-electron chi connectivity index (χ1n) is 11.6. The van der Waals surface area contributed by atoms with Crippen molar-refractivity contribution in [2.24, 2.45) is 4.99 Å². The number of halogens is 2. The monoisotopic (exact) mass is 583 g/mol. The van der Waals surface area contributed by atoms with Gasteiger partial charge in [-0.05, 0) is 44.5 Å². The molecule has 0 aromatic heterocycles. The van der Waals surface area contributed by atoms with Gasteiger partial charge in [0, 0.05) is 16.7 Å². The number of nitrogens with one attached hydrogen (secondary N) is 1. The molecule has 0 saturated carbocycles. The van der Waals surface area contributed by atoms with Crippen molar-refractivity contribution in [2.75, 3.05) is 16.4 Å². The Labute approximate surface area is 230 Å². The van der Waals surface area contributed by atoms with Gasteiger partial charge < -0.3 is 15.0 Å². The van der Waals surface area contributed by atoms with Crippen LogP contribution in [-0.2, 0) is 25.8 Å². The summed E-state index contributed by atoms with van der Waals surface area (Å²) in [4.78, 5) is 32.1. The van der Waals surface area contributed by atoms with Crippen LogP contribution < -0.4 is 10.2 Å². The number of hydrogen-bond acceptors (Lipinski definition) is 6. The van der Waals surface area contributed by atoms with Crippen molar-refractivity contribution in [1.29, 1.82) is 0 Å². The number of fused-ring (bicyclic) bond motifs is 1. The number of thioether (sulfide) groups is 1. The molecule has 1 N–H and O–H groups in total. The molecule has 0 unspecified atom stereocenters. The maximum Gasteiger partial charge on any atom is 0.408 e. The summed E-state index contributed by atoms with van der Waals surface area (Å²) in [5, 5.41) is 3.39. The molecule has 2 heterocycles. The fourth-order valence-corrected chi connectivity index (χ4v) is 8.48. The summed E-state index contributed by atoms with van der Waals surface area (Å²) >= 11 is 13.9. The second kappa shape index (κ2) is 10.8. The van der Waals surface area contributed by atoms with E-state index in [0.29, 0.717) is 20.9 Å². The molecule has 2 amide bonds. The number of alkyl carbamates (subject to hydrolysis) is 1. The Morgan fingerprint density at radius 3 is 2.54 bits per heavy atom. The number of ether oxygens (including phenoxy) is 1. The smallest absolute Gasteiger partial charge is 0.408 e. The molecule has 2 saturated heterocycles. The molecule has 2 fully saturated rings. The van der Waals surface area contributed by atoms with Gasteiger partial charge in [0.15, 0.2) is 15.0 Å². The molecule has 37 heavy (non-hydrogen) atoms. The summed E-state index contributed by atoms with van der Waals surface area (Å²) in [6, 6.07) is 12.6. The van der Waals surface area contributed by atoms with Crippen LogP contribution in [0.2, 0.25) is 10.0 Å². The number of aliphatic imine (C=N–C) groups is 1. The Balaban J connectivity index is 1.68. The van der Waals surface area contributed by atoms with E-state index in [0.717, 1.165) is 5.56 Å². The van der Waals surface area contributed by atoms with Gasteiger partial charge in [-0.25, -0.2) is 13.2 Å². The number of anilines is 1. The quantitative estimate of drug-likeness (QED) is 0.542. The van der Waals surface area contributed by atoms with E-state index in [9.17, 15) is 18.0 Å². The first kappa shape index (κ1) is 27.8. The lowest BCUT2D eigenvalue weighted by molar-refractivity contribution is -0.119. The van der Waals surface area contributed by atoms with Gasteiger partial charge in [0.1, 0.15) is 11.6 Å². The number of amidine groups is 1. The van der Waals surface area contributed by atoms with E-state index in [2.05, 4.69) is 10.3 Å². The van der Waals surface area contributed by atoms with Gasteiger partial charge in [0.2, 0.25) is 0 Å². The molecular weight excluding hydrogens is 557 g/mol. The Hall–Kier alpha value is -2.27. The van der Waals surface area contributed by atoms with Crippen molar-refractivity contribution in [3.05, 3.63) is 64.1 Å². The highest BCUT2D eigenvalue weighted by Crippen LogP contribution is 2.43. The Morgan fingerprint density at radius 1 is 1.16 bits per heavy atom. The zero-order chi connectivity index (χ0) is 27.0. The minimum atomic E-state index is -3.26. The molecule has 0 bridgehead atoms. The van der Waals surface area contributed by atoms with E-state index in [1.54, 1.807) is 43.9 Å². The van der Waals surface area contributed by atoms with Crippen LogP contribution in [0.5, 0.6) is 0 Å². The SMILES string of the molecule is CC(C)(C)OC(=O)N[C@H](Cc1ccccc1)C(=O)N=C1S[C@H]2CS(=O)(=O)C[C@H]2N1c1cc(Cl)ccc1Cl. The predicted octanol–water partition coefficient (Wildman–Crippen LogP) is 4.73. The molecule has 0 aliphatic carbocycles. The minimum absolute atomic E-state index is 0.0339. The zero-order valence-electron chi connectivity index (χ0n) is 20.5. The van der Waals surface area contributed by atoms with Crippen molar-refractivity contribution in [2.45, 2.75) is 50.1 Å². The maximum atomic E-state index is 13.5. The third kappa shape index (κ3) is 6.98. The highest BCUT2D eigenvalue weighted by Gasteiger charge is 2.50. The first-order valence-corrected chi connectivity index (χ1v) is 15.0. The summed E-state index contributed by atoms with van der Waals surface area (Å²) < 4.78 is 30.1. The first-order chi connectivity index (χ1) is 17.3. The van der Waals surface area contributed by atoms with Crippen LogP contribution in [-0.4, -0.2) is 60.0 Å². The predicted molar refractivity (Wildman–Crippen MR) is 149 cm³/mol. The molecule has 0 spiro atoms. The van der Waals surface area contributed by atoms with E-state index in [4.69, 9.17) is 27.9 Å². The molecule has 198 valence electrons. The number of sulfone groups is 1. The van der Waals surface area contributed by atoms with Crippen LogP contribution in [0.1, 0.15) is 26.3 Å². The summed E-state index contributed by atoms with van der Waals surface area (Å²) in [6.45, 7) is 5.19. The third-order valence-electron chi connectivity index (χ3n) is 5.71. The van der Waals surface area contributed by atoms with Crippen LogP contribution in [0, 0.1) is 0 Å². The molecular formula is C25H27Cl2N3O5S2. The van der Waals surface area contributed by atoms with Crippen molar-refractivity contribution in [1.82, 2.24) is 5.32 Å². The maximum absolute atomic E-state index is 13.5. The van der Waals surface area contributed by atoms with Crippen LogP contribution in [0.15, 0.2) is 53.5 Å². The van der Waals surface area contributed by atoms with E-state index in [1.807, 2.05) is 30.3 Å². The molecule has 2 aliphatic rings. The second-order valence-electron chi connectivity index (χ2n) is 9.89. The minimum Gasteiger partial charge on any atom is -0.444 e. The summed E-state index contributed by atoms with van der Waals surface area (Å²) in [6.07, 6.45) is -0.543. The van der Waals surface area contributed by atoms with Gasteiger partial charge in [-0.3, -0.25) is 4.79 Å². The molecule has 8 nitrogen and oxygen atoms in total. The summed E-state index contributed by atoms with van der Waals surface area (Å²) in [7, 11) is -3.26. The molecule has 2 aliphatic heterocycles. The lowest BCUT2D eigenvalue weighted by Gasteiger charge is -2.26. The zero-order valence-corrected chi connectivity index (χ0v) is 23.6. The Kier molecular flexibility index (Phi) is 8.13. The van der Waals surface area contributed by atoms with Crippen LogP contribution in [0.3, 0.4) is 0 Å². The average Bonchev–Trinajstić information content (AvgIpc) is 3.25. The van der Waals surface area contributed by atoms with Crippen molar-refractivity contribution in [3.8, 4) is 0 Å². The second-order valence-corrected chi connectivity index (χ2v) is 14.1. The van der Waals surface area contributed by atoms with Crippen molar-refractivity contribution < 1.29 is 22.7 Å². The van der Waals surface area contributed by atoms with Crippen molar-refractivity contribution in [3.63, 3.8) is 0 Å². The number of hydrogen-bond donors (Lipinski definition) is 1. The van der Waals surface area contributed by atoms with Crippen LogP contribution in [0.25, 0.3) is 0 Å². The number of amides is 2. The lowest BCUT2D eigenvalue weighted by Crippen LogP contribution is -2.45. The molecule has 2 aromatic rings. The number of nitrogens with zero attached hydrogens (tertiary/aromatic N) is 2. The van der Waals surface area contributed by atoms with E-state index < -0.39 is 39.5 Å². The standard InChI is InChI=1S/C25H27Cl2N3O5S2/c1-25(2,3)35-24(32)28-18(11-15-7-5-4-6-8-15)22(31)29-23-30(19-12-16(26)9-10-17(19)27)20-13-37(33,34)14-21(20)36-23/h4-10,12,18,20-21H,11,13-14H2,1-3H3,(H,28,32)/t18-,20-,21+/m1/s1. The Bertz CT molecular complexity index is 1330. The van der Waals surface area contributed by atoms with Gasteiger partial charge in [-0.1, -0.05) is 65.3 Å². The van der Waals surface area contributed by atoms with E-state index in [1.165, 1.54) is 11.8 Å².